The molecule has 6 nitrogen and oxygen atoms in total. The minimum atomic E-state index is -0.165. The fourth-order valence-corrected chi connectivity index (χ4v) is 3.10. The Hall–Kier alpha value is -2.08. The second kappa shape index (κ2) is 7.00. The monoisotopic (exact) mass is 317 g/mol. The Morgan fingerprint density at radius 3 is 2.78 bits per heavy atom. The number of hydrogen-bond donors (Lipinski definition) is 1. The highest BCUT2D eigenvalue weighted by molar-refractivity contribution is 5.97. The van der Waals surface area contributed by atoms with Crippen molar-refractivity contribution in [3.8, 4) is 0 Å². The smallest absolute Gasteiger partial charge is 0.326 e. The molecule has 0 saturated carbocycles. The number of imidazole rings is 1. The first-order chi connectivity index (χ1) is 11.2. The van der Waals surface area contributed by atoms with Crippen molar-refractivity contribution in [2.24, 2.45) is 0 Å². The SMILES string of the molecule is CCOCCn1c(=O)[nH]c2cc(C(=O)N3CCCCC3)ccc21. The molecule has 0 radical (unpaired) electrons. The fraction of sp³-hybridized carbons (Fsp3) is 0.529. The summed E-state index contributed by atoms with van der Waals surface area (Å²) in [4.78, 5) is 29.4. The number of aromatic nitrogens is 2. The lowest BCUT2D eigenvalue weighted by Crippen LogP contribution is -2.35. The van der Waals surface area contributed by atoms with E-state index in [0.717, 1.165) is 31.4 Å². The number of likely N-dealkylation sites (tertiary alicyclic amines) is 1. The number of nitrogens with one attached hydrogen (secondary N) is 1. The lowest BCUT2D eigenvalue weighted by molar-refractivity contribution is 0.0724. The summed E-state index contributed by atoms with van der Waals surface area (Å²) in [7, 11) is 0. The highest BCUT2D eigenvalue weighted by Gasteiger charge is 2.19. The molecule has 0 aliphatic carbocycles. The van der Waals surface area contributed by atoms with Gasteiger partial charge in [-0.15, -0.1) is 0 Å². The maximum atomic E-state index is 12.6. The van der Waals surface area contributed by atoms with Crippen molar-refractivity contribution in [2.45, 2.75) is 32.7 Å². The molecule has 2 aromatic rings. The maximum absolute atomic E-state index is 12.6. The van der Waals surface area contributed by atoms with Crippen LogP contribution >= 0.6 is 0 Å². The molecule has 3 rings (SSSR count). The van der Waals surface area contributed by atoms with Gasteiger partial charge in [0, 0.05) is 25.3 Å². The minimum Gasteiger partial charge on any atom is -0.380 e. The van der Waals surface area contributed by atoms with Gasteiger partial charge in [0.2, 0.25) is 0 Å². The average Bonchev–Trinajstić information content (AvgIpc) is 2.90. The van der Waals surface area contributed by atoms with E-state index >= 15 is 0 Å². The third-order valence-electron chi connectivity index (χ3n) is 4.33. The summed E-state index contributed by atoms with van der Waals surface area (Å²) in [6.45, 7) is 5.21. The second-order valence-corrected chi connectivity index (χ2v) is 5.86. The van der Waals surface area contributed by atoms with E-state index in [1.807, 2.05) is 24.0 Å². The van der Waals surface area contributed by atoms with Crippen molar-refractivity contribution < 1.29 is 9.53 Å². The van der Waals surface area contributed by atoms with Crippen LogP contribution in [0.4, 0.5) is 0 Å². The van der Waals surface area contributed by atoms with Crippen LogP contribution in [0.1, 0.15) is 36.5 Å². The molecular formula is C17H23N3O3. The first-order valence-electron chi connectivity index (χ1n) is 8.30. The third-order valence-corrected chi connectivity index (χ3v) is 4.33. The number of H-pyrrole nitrogens is 1. The second-order valence-electron chi connectivity index (χ2n) is 5.86. The summed E-state index contributed by atoms with van der Waals surface area (Å²) in [5.74, 6) is 0.0505. The van der Waals surface area contributed by atoms with Gasteiger partial charge in [0.1, 0.15) is 0 Å². The zero-order valence-electron chi connectivity index (χ0n) is 13.5. The van der Waals surface area contributed by atoms with Gasteiger partial charge in [-0.3, -0.25) is 9.36 Å². The van der Waals surface area contributed by atoms with Gasteiger partial charge < -0.3 is 14.6 Å². The molecule has 1 aromatic heterocycles. The zero-order chi connectivity index (χ0) is 16.2. The van der Waals surface area contributed by atoms with Crippen molar-refractivity contribution in [1.82, 2.24) is 14.5 Å². The van der Waals surface area contributed by atoms with Crippen LogP contribution in [0.15, 0.2) is 23.0 Å². The van der Waals surface area contributed by atoms with E-state index in [0.29, 0.717) is 30.8 Å². The van der Waals surface area contributed by atoms with Crippen molar-refractivity contribution in [1.29, 1.82) is 0 Å². The number of rotatable bonds is 5. The van der Waals surface area contributed by atoms with Crippen LogP contribution in [0, 0.1) is 0 Å². The van der Waals surface area contributed by atoms with Gasteiger partial charge in [0.25, 0.3) is 5.91 Å². The number of benzene rings is 1. The molecule has 1 N–H and O–H groups in total. The summed E-state index contributed by atoms with van der Waals surface area (Å²) >= 11 is 0. The lowest BCUT2D eigenvalue weighted by Gasteiger charge is -2.26. The minimum absolute atomic E-state index is 0.0505. The van der Waals surface area contributed by atoms with Crippen molar-refractivity contribution in [3.05, 3.63) is 34.2 Å². The largest absolute Gasteiger partial charge is 0.380 e. The lowest BCUT2D eigenvalue weighted by atomic mass is 10.1. The van der Waals surface area contributed by atoms with Crippen LogP contribution < -0.4 is 5.69 Å². The molecule has 0 atom stereocenters. The van der Waals surface area contributed by atoms with Crippen LogP contribution in [0.3, 0.4) is 0 Å². The Labute approximate surface area is 135 Å². The molecule has 124 valence electrons. The maximum Gasteiger partial charge on any atom is 0.326 e. The molecular weight excluding hydrogens is 294 g/mol. The number of carbonyl (C=O) groups is 1. The van der Waals surface area contributed by atoms with Gasteiger partial charge in [0.05, 0.1) is 24.2 Å². The number of aromatic amines is 1. The normalized spacial score (nSPS) is 15.3. The average molecular weight is 317 g/mol. The van der Waals surface area contributed by atoms with E-state index in [1.165, 1.54) is 6.42 Å². The summed E-state index contributed by atoms with van der Waals surface area (Å²) in [5.41, 5.74) is 1.99. The first-order valence-corrected chi connectivity index (χ1v) is 8.30. The van der Waals surface area contributed by atoms with Crippen molar-refractivity contribution in [3.63, 3.8) is 0 Å². The zero-order valence-corrected chi connectivity index (χ0v) is 13.5. The van der Waals surface area contributed by atoms with Crippen LogP contribution in [-0.2, 0) is 11.3 Å². The molecule has 0 unspecified atom stereocenters. The van der Waals surface area contributed by atoms with Crippen LogP contribution in [-0.4, -0.2) is 46.7 Å². The number of piperidine rings is 1. The van der Waals surface area contributed by atoms with Gasteiger partial charge in [-0.2, -0.15) is 0 Å². The summed E-state index contributed by atoms with van der Waals surface area (Å²) < 4.78 is 6.97. The fourth-order valence-electron chi connectivity index (χ4n) is 3.10. The van der Waals surface area contributed by atoms with E-state index < -0.39 is 0 Å². The molecule has 1 aliphatic rings. The van der Waals surface area contributed by atoms with E-state index in [4.69, 9.17) is 4.74 Å². The van der Waals surface area contributed by atoms with Crippen molar-refractivity contribution in [2.75, 3.05) is 26.3 Å². The number of hydrogen-bond acceptors (Lipinski definition) is 3. The van der Waals surface area contributed by atoms with Gasteiger partial charge in [0.15, 0.2) is 0 Å². The van der Waals surface area contributed by atoms with Crippen LogP contribution in [0.25, 0.3) is 11.0 Å². The van der Waals surface area contributed by atoms with Gasteiger partial charge >= 0.3 is 5.69 Å². The molecule has 0 spiro atoms. The first kappa shape index (κ1) is 15.8. The third kappa shape index (κ3) is 3.32. The molecule has 6 heteroatoms. The van der Waals surface area contributed by atoms with Gasteiger partial charge in [-0.25, -0.2) is 4.79 Å². The quantitative estimate of drug-likeness (QED) is 0.858. The Morgan fingerprint density at radius 2 is 2.04 bits per heavy atom. The standard InChI is InChI=1S/C17H23N3O3/c1-2-23-11-10-20-15-7-6-13(12-14(15)18-17(20)22)16(21)19-8-4-3-5-9-19/h6-7,12H,2-5,8-11H2,1H3,(H,18,22). The van der Waals surface area contributed by atoms with E-state index in [-0.39, 0.29) is 11.6 Å². The molecule has 1 fully saturated rings. The highest BCUT2D eigenvalue weighted by Crippen LogP contribution is 2.17. The Bertz CT molecular complexity index is 741. The summed E-state index contributed by atoms with van der Waals surface area (Å²) in [6, 6.07) is 5.44. The summed E-state index contributed by atoms with van der Waals surface area (Å²) in [5, 5.41) is 0. The van der Waals surface area contributed by atoms with E-state index in [2.05, 4.69) is 4.98 Å². The predicted octanol–water partition coefficient (Wildman–Crippen LogP) is 1.99. The number of amides is 1. The van der Waals surface area contributed by atoms with Gasteiger partial charge in [-0.05, 0) is 44.4 Å². The molecule has 2 heterocycles. The highest BCUT2D eigenvalue weighted by atomic mass is 16.5. The molecule has 0 bridgehead atoms. The molecule has 1 amide bonds. The van der Waals surface area contributed by atoms with E-state index in [9.17, 15) is 9.59 Å². The van der Waals surface area contributed by atoms with Gasteiger partial charge in [-0.1, -0.05) is 0 Å². The number of nitrogens with zero attached hydrogens (tertiary/aromatic N) is 2. The number of fused-ring (bicyclic) bond motifs is 1. The van der Waals surface area contributed by atoms with Crippen molar-refractivity contribution >= 4 is 16.9 Å². The Balaban J connectivity index is 1.84. The number of carbonyl (C=O) groups excluding carboxylic acids is 1. The molecule has 1 aromatic carbocycles. The van der Waals surface area contributed by atoms with Crippen LogP contribution in [0.2, 0.25) is 0 Å². The molecule has 23 heavy (non-hydrogen) atoms. The molecule has 1 aliphatic heterocycles. The predicted molar refractivity (Wildman–Crippen MR) is 88.8 cm³/mol. The summed E-state index contributed by atoms with van der Waals surface area (Å²) in [6.07, 6.45) is 3.33. The topological polar surface area (TPSA) is 67.3 Å². The van der Waals surface area contributed by atoms with Crippen LogP contribution in [0.5, 0.6) is 0 Å². The van der Waals surface area contributed by atoms with E-state index in [1.54, 1.807) is 10.6 Å². The molecule has 1 saturated heterocycles. The Morgan fingerprint density at radius 1 is 1.26 bits per heavy atom. The Kier molecular flexibility index (Phi) is 4.81. The number of ether oxygens (including phenoxy) is 1.